The van der Waals surface area contributed by atoms with Crippen LogP contribution >= 0.6 is 11.3 Å². The van der Waals surface area contributed by atoms with E-state index in [-0.39, 0.29) is 5.82 Å². The van der Waals surface area contributed by atoms with Gasteiger partial charge in [-0.1, -0.05) is 12.1 Å². The first kappa shape index (κ1) is 11.9. The van der Waals surface area contributed by atoms with Gasteiger partial charge in [0.05, 0.1) is 0 Å². The Balaban J connectivity index is 1.82. The van der Waals surface area contributed by atoms with Gasteiger partial charge in [0.25, 0.3) is 0 Å². The number of rotatable bonds is 4. The van der Waals surface area contributed by atoms with Gasteiger partial charge in [0, 0.05) is 23.0 Å². The Hall–Kier alpha value is -1.19. The van der Waals surface area contributed by atoms with Gasteiger partial charge in [-0.2, -0.15) is 0 Å². The molecule has 0 saturated heterocycles. The summed E-state index contributed by atoms with van der Waals surface area (Å²) in [5.41, 5.74) is 2.75. The van der Waals surface area contributed by atoms with E-state index in [1.54, 1.807) is 17.4 Å². The molecule has 3 rings (SSSR count). The first-order chi connectivity index (χ1) is 8.74. The van der Waals surface area contributed by atoms with Crippen molar-refractivity contribution in [3.63, 3.8) is 0 Å². The van der Waals surface area contributed by atoms with E-state index in [0.717, 1.165) is 22.5 Å². The van der Waals surface area contributed by atoms with Crippen LogP contribution in [0.4, 0.5) is 4.39 Å². The topological polar surface area (TPSA) is 12.0 Å². The standard InChI is InChI=1S/C15H16FNS/c1-10-13(6-7-18-10)14-5-2-11(8-15(14)16)9-17-12-3-4-12/h2,5-8,12,17H,3-4,9H2,1H3. The van der Waals surface area contributed by atoms with E-state index in [1.807, 2.05) is 30.5 Å². The summed E-state index contributed by atoms with van der Waals surface area (Å²) in [5, 5.41) is 5.41. The molecule has 0 atom stereocenters. The maximum Gasteiger partial charge on any atom is 0.131 e. The van der Waals surface area contributed by atoms with Crippen LogP contribution in [-0.2, 0) is 6.54 Å². The average Bonchev–Trinajstić information content (AvgIpc) is 3.09. The fourth-order valence-electron chi connectivity index (χ4n) is 2.10. The quantitative estimate of drug-likeness (QED) is 0.873. The molecule has 1 heterocycles. The number of nitrogens with one attached hydrogen (secondary N) is 1. The lowest BCUT2D eigenvalue weighted by molar-refractivity contribution is 0.623. The molecule has 1 aromatic carbocycles. The molecule has 0 unspecified atom stereocenters. The highest BCUT2D eigenvalue weighted by Crippen LogP contribution is 2.30. The van der Waals surface area contributed by atoms with Crippen LogP contribution in [0.2, 0.25) is 0 Å². The molecule has 1 saturated carbocycles. The largest absolute Gasteiger partial charge is 0.310 e. The van der Waals surface area contributed by atoms with Gasteiger partial charge in [-0.25, -0.2) is 4.39 Å². The Morgan fingerprint density at radius 3 is 2.72 bits per heavy atom. The van der Waals surface area contributed by atoms with Gasteiger partial charge >= 0.3 is 0 Å². The van der Waals surface area contributed by atoms with Crippen molar-refractivity contribution in [2.24, 2.45) is 0 Å². The normalized spacial score (nSPS) is 15.0. The van der Waals surface area contributed by atoms with Crippen molar-refractivity contribution in [1.29, 1.82) is 0 Å². The molecule has 1 nitrogen and oxygen atoms in total. The lowest BCUT2D eigenvalue weighted by atomic mass is 10.0. The van der Waals surface area contributed by atoms with Gasteiger partial charge in [0.1, 0.15) is 5.82 Å². The summed E-state index contributed by atoms with van der Waals surface area (Å²) >= 11 is 1.66. The number of aryl methyl sites for hydroxylation is 1. The van der Waals surface area contributed by atoms with Gasteiger partial charge in [0.15, 0.2) is 0 Å². The summed E-state index contributed by atoms with van der Waals surface area (Å²) in [4.78, 5) is 1.16. The molecular weight excluding hydrogens is 245 g/mol. The van der Waals surface area contributed by atoms with Crippen molar-refractivity contribution in [2.45, 2.75) is 32.4 Å². The van der Waals surface area contributed by atoms with Crippen molar-refractivity contribution in [3.05, 3.63) is 45.9 Å². The van der Waals surface area contributed by atoms with Crippen LogP contribution in [0.5, 0.6) is 0 Å². The summed E-state index contributed by atoms with van der Waals surface area (Å²) < 4.78 is 14.1. The summed E-state index contributed by atoms with van der Waals surface area (Å²) in [6, 6.07) is 8.22. The third kappa shape index (κ3) is 2.47. The Morgan fingerprint density at radius 1 is 1.28 bits per heavy atom. The number of thiophene rings is 1. The fourth-order valence-corrected chi connectivity index (χ4v) is 2.81. The SMILES string of the molecule is Cc1sccc1-c1ccc(CNC2CC2)cc1F. The smallest absolute Gasteiger partial charge is 0.131 e. The highest BCUT2D eigenvalue weighted by atomic mass is 32.1. The van der Waals surface area contributed by atoms with Gasteiger partial charge < -0.3 is 5.32 Å². The monoisotopic (exact) mass is 261 g/mol. The third-order valence-corrected chi connectivity index (χ3v) is 4.20. The predicted molar refractivity (Wildman–Crippen MR) is 74.3 cm³/mol. The molecule has 1 fully saturated rings. The number of hydrogen-bond donors (Lipinski definition) is 1. The molecule has 2 aromatic rings. The zero-order valence-corrected chi connectivity index (χ0v) is 11.2. The molecule has 1 aromatic heterocycles. The van der Waals surface area contributed by atoms with Crippen molar-refractivity contribution in [3.8, 4) is 11.1 Å². The Bertz CT molecular complexity index is 557. The highest BCUT2D eigenvalue weighted by Gasteiger charge is 2.20. The first-order valence-electron chi connectivity index (χ1n) is 6.30. The van der Waals surface area contributed by atoms with Crippen LogP contribution in [-0.4, -0.2) is 6.04 Å². The minimum absolute atomic E-state index is 0.119. The van der Waals surface area contributed by atoms with Gasteiger partial charge in [-0.05, 0) is 48.4 Å². The maximum atomic E-state index is 14.1. The van der Waals surface area contributed by atoms with E-state index in [4.69, 9.17) is 0 Å². The molecule has 1 aliphatic carbocycles. The van der Waals surface area contributed by atoms with Crippen LogP contribution in [0.1, 0.15) is 23.3 Å². The summed E-state index contributed by atoms with van der Waals surface area (Å²) in [6.07, 6.45) is 2.52. The lowest BCUT2D eigenvalue weighted by Gasteiger charge is -2.07. The molecule has 0 radical (unpaired) electrons. The van der Waals surface area contributed by atoms with Crippen molar-refractivity contribution in [1.82, 2.24) is 5.32 Å². The van der Waals surface area contributed by atoms with E-state index < -0.39 is 0 Å². The van der Waals surface area contributed by atoms with E-state index in [2.05, 4.69) is 5.32 Å². The second kappa shape index (κ2) is 4.82. The molecule has 0 bridgehead atoms. The molecule has 94 valence electrons. The second-order valence-electron chi connectivity index (χ2n) is 4.86. The van der Waals surface area contributed by atoms with Crippen LogP contribution in [0.3, 0.4) is 0 Å². The molecule has 1 aliphatic rings. The summed E-state index contributed by atoms with van der Waals surface area (Å²) in [7, 11) is 0. The first-order valence-corrected chi connectivity index (χ1v) is 7.18. The average molecular weight is 261 g/mol. The maximum absolute atomic E-state index is 14.1. The van der Waals surface area contributed by atoms with Crippen LogP contribution in [0.15, 0.2) is 29.6 Å². The molecule has 0 aliphatic heterocycles. The number of hydrogen-bond acceptors (Lipinski definition) is 2. The highest BCUT2D eigenvalue weighted by molar-refractivity contribution is 7.10. The number of benzene rings is 1. The zero-order chi connectivity index (χ0) is 12.5. The molecule has 18 heavy (non-hydrogen) atoms. The van der Waals surface area contributed by atoms with Gasteiger partial charge in [0.2, 0.25) is 0 Å². The summed E-state index contributed by atoms with van der Waals surface area (Å²) in [5.74, 6) is -0.119. The Morgan fingerprint density at radius 2 is 2.11 bits per heavy atom. The minimum Gasteiger partial charge on any atom is -0.310 e. The van der Waals surface area contributed by atoms with E-state index in [1.165, 1.54) is 12.8 Å². The Kier molecular flexibility index (Phi) is 3.18. The Labute approximate surface area is 111 Å². The van der Waals surface area contributed by atoms with Crippen LogP contribution in [0, 0.1) is 12.7 Å². The minimum atomic E-state index is -0.119. The third-order valence-electron chi connectivity index (χ3n) is 3.35. The van der Waals surface area contributed by atoms with Crippen LogP contribution < -0.4 is 5.32 Å². The van der Waals surface area contributed by atoms with Crippen molar-refractivity contribution in [2.75, 3.05) is 0 Å². The lowest BCUT2D eigenvalue weighted by Crippen LogP contribution is -2.15. The van der Waals surface area contributed by atoms with Gasteiger partial charge in [-0.3, -0.25) is 0 Å². The molecule has 0 spiro atoms. The van der Waals surface area contributed by atoms with Gasteiger partial charge in [-0.15, -0.1) is 11.3 Å². The predicted octanol–water partition coefficient (Wildman–Crippen LogP) is 4.11. The zero-order valence-electron chi connectivity index (χ0n) is 10.4. The molecule has 3 heteroatoms. The van der Waals surface area contributed by atoms with E-state index in [0.29, 0.717) is 11.6 Å². The summed E-state index contributed by atoms with van der Waals surface area (Å²) in [6.45, 7) is 2.80. The van der Waals surface area contributed by atoms with E-state index in [9.17, 15) is 4.39 Å². The fraction of sp³-hybridized carbons (Fsp3) is 0.333. The molecule has 0 amide bonds. The second-order valence-corrected chi connectivity index (χ2v) is 5.98. The van der Waals surface area contributed by atoms with Crippen molar-refractivity contribution >= 4 is 11.3 Å². The van der Waals surface area contributed by atoms with E-state index >= 15 is 0 Å². The van der Waals surface area contributed by atoms with Crippen molar-refractivity contribution < 1.29 is 4.39 Å². The number of halogens is 1. The van der Waals surface area contributed by atoms with Crippen LogP contribution in [0.25, 0.3) is 11.1 Å². The molecular formula is C15H16FNS. The molecule has 1 N–H and O–H groups in total.